The van der Waals surface area contributed by atoms with Crippen LogP contribution in [-0.2, 0) is 6.54 Å². The summed E-state index contributed by atoms with van der Waals surface area (Å²) >= 11 is 5.35. The lowest BCUT2D eigenvalue weighted by atomic mass is 10.2. The van der Waals surface area contributed by atoms with E-state index in [2.05, 4.69) is 70.6 Å². The van der Waals surface area contributed by atoms with Gasteiger partial charge in [0.2, 0.25) is 0 Å². The van der Waals surface area contributed by atoms with Gasteiger partial charge >= 0.3 is 0 Å². The number of hydrogen-bond acceptors (Lipinski definition) is 2. The van der Waals surface area contributed by atoms with Crippen LogP contribution in [0.4, 0.5) is 0 Å². The third kappa shape index (κ3) is 3.61. The van der Waals surface area contributed by atoms with Crippen LogP contribution in [0.3, 0.4) is 0 Å². The van der Waals surface area contributed by atoms with Crippen molar-refractivity contribution < 1.29 is 0 Å². The Morgan fingerprint density at radius 3 is 2.72 bits per heavy atom. The average Bonchev–Trinajstić information content (AvgIpc) is 2.33. The van der Waals surface area contributed by atoms with E-state index in [0.29, 0.717) is 0 Å². The third-order valence-electron chi connectivity index (χ3n) is 2.61. The maximum atomic E-state index is 3.54. The Morgan fingerprint density at radius 1 is 1.17 bits per heavy atom. The van der Waals surface area contributed by atoms with E-state index in [1.165, 1.54) is 20.9 Å². The van der Waals surface area contributed by atoms with Crippen LogP contribution in [0.1, 0.15) is 11.1 Å². The largest absolute Gasteiger partial charge is 0.316 e. The zero-order valence-electron chi connectivity index (χ0n) is 10.5. The molecule has 0 atom stereocenters. The normalized spacial score (nSPS) is 10.6. The molecule has 2 aromatic rings. The predicted molar refractivity (Wildman–Crippen MR) is 82.2 cm³/mol. The molecule has 2 rings (SSSR count). The molecule has 94 valence electrons. The lowest BCUT2D eigenvalue weighted by Crippen LogP contribution is -2.05. The fraction of sp³-hybridized carbons (Fsp3) is 0.200. The second kappa shape index (κ2) is 6.41. The second-order valence-corrected chi connectivity index (χ2v) is 6.23. The minimum atomic E-state index is 0.890. The van der Waals surface area contributed by atoms with E-state index in [1.54, 1.807) is 0 Å². The number of hydrogen-bond donors (Lipinski definition) is 1. The van der Waals surface area contributed by atoms with Gasteiger partial charge in [-0.25, -0.2) is 0 Å². The van der Waals surface area contributed by atoms with Gasteiger partial charge in [-0.15, -0.1) is 0 Å². The molecule has 0 aliphatic rings. The van der Waals surface area contributed by atoms with E-state index in [0.717, 1.165) is 11.0 Å². The van der Waals surface area contributed by atoms with Crippen LogP contribution in [0.25, 0.3) is 0 Å². The smallest absolute Gasteiger partial charge is 0.0213 e. The fourth-order valence-corrected chi connectivity index (χ4v) is 3.38. The Morgan fingerprint density at radius 2 is 2.00 bits per heavy atom. The zero-order valence-corrected chi connectivity index (χ0v) is 12.9. The molecule has 0 fully saturated rings. The molecular formula is C15H16BrNS. The van der Waals surface area contributed by atoms with Gasteiger partial charge < -0.3 is 5.32 Å². The first-order valence-corrected chi connectivity index (χ1v) is 7.47. The van der Waals surface area contributed by atoms with Gasteiger partial charge in [0.25, 0.3) is 0 Å². The maximum absolute atomic E-state index is 3.54. The minimum Gasteiger partial charge on any atom is -0.316 e. The molecule has 0 aromatic heterocycles. The molecule has 0 spiro atoms. The fourth-order valence-electron chi connectivity index (χ4n) is 1.77. The van der Waals surface area contributed by atoms with Crippen molar-refractivity contribution in [3.8, 4) is 0 Å². The number of rotatable bonds is 4. The summed E-state index contributed by atoms with van der Waals surface area (Å²) in [5, 5.41) is 3.21. The molecule has 0 bridgehead atoms. The van der Waals surface area contributed by atoms with Gasteiger partial charge in [0.1, 0.15) is 0 Å². The summed E-state index contributed by atoms with van der Waals surface area (Å²) in [5.41, 5.74) is 2.62. The van der Waals surface area contributed by atoms with Crippen LogP contribution in [0.15, 0.2) is 56.7 Å². The topological polar surface area (TPSA) is 12.0 Å². The first kappa shape index (κ1) is 13.7. The van der Waals surface area contributed by atoms with Crippen molar-refractivity contribution in [1.29, 1.82) is 0 Å². The number of benzene rings is 2. The first-order valence-electron chi connectivity index (χ1n) is 5.86. The van der Waals surface area contributed by atoms with Crippen LogP contribution in [0.2, 0.25) is 0 Å². The maximum Gasteiger partial charge on any atom is 0.0213 e. The molecule has 0 saturated heterocycles. The van der Waals surface area contributed by atoms with Crippen LogP contribution in [0, 0.1) is 6.92 Å². The van der Waals surface area contributed by atoms with Crippen molar-refractivity contribution in [2.45, 2.75) is 23.3 Å². The molecule has 0 amide bonds. The zero-order chi connectivity index (χ0) is 13.0. The highest BCUT2D eigenvalue weighted by molar-refractivity contribution is 9.10. The Kier molecular flexibility index (Phi) is 4.87. The van der Waals surface area contributed by atoms with Crippen molar-refractivity contribution >= 4 is 27.7 Å². The molecule has 18 heavy (non-hydrogen) atoms. The molecule has 0 aliphatic carbocycles. The quantitative estimate of drug-likeness (QED) is 0.881. The molecule has 0 unspecified atom stereocenters. The third-order valence-corrected chi connectivity index (χ3v) is 4.20. The average molecular weight is 322 g/mol. The monoisotopic (exact) mass is 321 g/mol. The lowest BCUT2D eigenvalue weighted by molar-refractivity contribution is 0.803. The van der Waals surface area contributed by atoms with E-state index in [-0.39, 0.29) is 0 Å². The highest BCUT2D eigenvalue weighted by Crippen LogP contribution is 2.32. The number of nitrogens with one attached hydrogen (secondary N) is 1. The molecule has 3 heteroatoms. The predicted octanol–water partition coefficient (Wildman–Crippen LogP) is 4.63. The van der Waals surface area contributed by atoms with Crippen molar-refractivity contribution in [3.63, 3.8) is 0 Å². The highest BCUT2D eigenvalue weighted by atomic mass is 79.9. The molecule has 2 aromatic carbocycles. The number of halogens is 1. The SMILES string of the molecule is CNCc1ccc(Br)cc1Sc1cccc(C)c1. The van der Waals surface area contributed by atoms with Gasteiger partial charge in [0, 0.05) is 20.8 Å². The van der Waals surface area contributed by atoms with E-state index >= 15 is 0 Å². The van der Waals surface area contributed by atoms with Gasteiger partial charge in [-0.05, 0) is 43.8 Å². The first-order chi connectivity index (χ1) is 8.69. The van der Waals surface area contributed by atoms with Crippen molar-refractivity contribution in [1.82, 2.24) is 5.32 Å². The van der Waals surface area contributed by atoms with Gasteiger partial charge in [-0.3, -0.25) is 0 Å². The Bertz CT molecular complexity index is 540. The lowest BCUT2D eigenvalue weighted by Gasteiger charge is -2.10. The molecular weight excluding hydrogens is 306 g/mol. The summed E-state index contributed by atoms with van der Waals surface area (Å²) in [5.74, 6) is 0. The van der Waals surface area contributed by atoms with E-state index in [1.807, 2.05) is 18.8 Å². The molecule has 0 radical (unpaired) electrons. The molecule has 1 nitrogen and oxygen atoms in total. The van der Waals surface area contributed by atoms with Crippen molar-refractivity contribution in [3.05, 3.63) is 58.1 Å². The van der Waals surface area contributed by atoms with Gasteiger partial charge in [-0.1, -0.05) is 51.5 Å². The summed E-state index contributed by atoms with van der Waals surface area (Å²) in [7, 11) is 1.98. The highest BCUT2D eigenvalue weighted by Gasteiger charge is 2.05. The van der Waals surface area contributed by atoms with Gasteiger partial charge in [0.15, 0.2) is 0 Å². The molecule has 0 aliphatic heterocycles. The van der Waals surface area contributed by atoms with Crippen molar-refractivity contribution in [2.24, 2.45) is 0 Å². The summed E-state index contributed by atoms with van der Waals surface area (Å²) in [4.78, 5) is 2.58. The molecule has 1 N–H and O–H groups in total. The Hall–Kier alpha value is -0.770. The number of aryl methyl sites for hydroxylation is 1. The van der Waals surface area contributed by atoms with Crippen molar-refractivity contribution in [2.75, 3.05) is 7.05 Å². The second-order valence-electron chi connectivity index (χ2n) is 4.20. The van der Waals surface area contributed by atoms with E-state index in [9.17, 15) is 0 Å². The van der Waals surface area contributed by atoms with Gasteiger partial charge in [0.05, 0.1) is 0 Å². The molecule has 0 saturated carbocycles. The summed E-state index contributed by atoms with van der Waals surface area (Å²) in [6.07, 6.45) is 0. The van der Waals surface area contributed by atoms with Gasteiger partial charge in [-0.2, -0.15) is 0 Å². The summed E-state index contributed by atoms with van der Waals surface area (Å²) in [6, 6.07) is 15.0. The van der Waals surface area contributed by atoms with Crippen LogP contribution in [-0.4, -0.2) is 7.05 Å². The van der Waals surface area contributed by atoms with Crippen LogP contribution >= 0.6 is 27.7 Å². The Labute approximate surface area is 121 Å². The summed E-state index contributed by atoms with van der Waals surface area (Å²) in [6.45, 7) is 3.01. The van der Waals surface area contributed by atoms with E-state index < -0.39 is 0 Å². The molecule has 0 heterocycles. The van der Waals surface area contributed by atoms with E-state index in [4.69, 9.17) is 0 Å². The summed E-state index contributed by atoms with van der Waals surface area (Å²) < 4.78 is 1.12. The van der Waals surface area contributed by atoms with Crippen LogP contribution < -0.4 is 5.32 Å². The van der Waals surface area contributed by atoms with Crippen LogP contribution in [0.5, 0.6) is 0 Å². The standard InChI is InChI=1S/C15H16BrNS/c1-11-4-3-5-14(8-11)18-15-9-13(16)7-6-12(15)10-17-2/h3-9,17H,10H2,1-2H3. The minimum absolute atomic E-state index is 0.890. The Balaban J connectivity index is 2.29.